The molecule has 2 amide bonds. The molecule has 2 aromatic carbocycles. The number of rotatable bonds is 3. The molecule has 1 fully saturated rings. The van der Waals surface area contributed by atoms with Crippen LogP contribution in [0.4, 0.5) is 5.69 Å². The van der Waals surface area contributed by atoms with Gasteiger partial charge in [-0.3, -0.25) is 9.59 Å². The molecule has 0 spiro atoms. The predicted octanol–water partition coefficient (Wildman–Crippen LogP) is 3.07. The number of fused-ring (bicyclic) bond motifs is 1. The summed E-state index contributed by atoms with van der Waals surface area (Å²) in [6.07, 6.45) is 2.25. The lowest BCUT2D eigenvalue weighted by Crippen LogP contribution is -2.32. The smallest absolute Gasteiger partial charge is 0.251 e. The lowest BCUT2D eigenvalue weighted by molar-refractivity contribution is -0.117. The average molecular weight is 336 g/mol. The normalized spacial score (nSPS) is 19.3. The van der Waals surface area contributed by atoms with Crippen LogP contribution in [0, 0.1) is 0 Å². The molecule has 128 valence electrons. The number of carbonyl (C=O) groups excluding carboxylic acids is 2. The molecule has 2 heterocycles. The Balaban J connectivity index is 1.48. The molecular weight excluding hydrogens is 316 g/mol. The summed E-state index contributed by atoms with van der Waals surface area (Å²) in [5, 5.41) is 3.09. The Morgan fingerprint density at radius 1 is 1.12 bits per heavy atom. The number of benzene rings is 2. The fraction of sp³-hybridized carbons (Fsp3) is 0.300. The second-order valence-corrected chi connectivity index (χ2v) is 6.40. The topological polar surface area (TPSA) is 58.6 Å². The standard InChI is InChI=1S/C20H20N2O3/c23-19-6-3-12-22(19)15-9-7-14(8-10-15)20(24)21-17-11-13-25-18-5-2-1-4-16(17)18/h1-2,4-5,7-10,17H,3,6,11-13H2,(H,21,24)/t17-/m1/s1. The van der Waals surface area contributed by atoms with Crippen LogP contribution in [0.25, 0.3) is 0 Å². The molecule has 2 aliphatic heterocycles. The maximum atomic E-state index is 12.6. The minimum atomic E-state index is -0.110. The van der Waals surface area contributed by atoms with Gasteiger partial charge in [0.25, 0.3) is 5.91 Å². The molecule has 0 unspecified atom stereocenters. The number of nitrogens with one attached hydrogen (secondary N) is 1. The largest absolute Gasteiger partial charge is 0.493 e. The van der Waals surface area contributed by atoms with Crippen LogP contribution >= 0.6 is 0 Å². The third kappa shape index (κ3) is 3.09. The molecule has 1 saturated heterocycles. The summed E-state index contributed by atoms with van der Waals surface area (Å²) < 4.78 is 5.63. The minimum Gasteiger partial charge on any atom is -0.493 e. The van der Waals surface area contributed by atoms with Crippen LogP contribution in [0.1, 0.15) is 41.2 Å². The number of nitrogens with zero attached hydrogens (tertiary/aromatic N) is 1. The molecule has 5 nitrogen and oxygen atoms in total. The van der Waals surface area contributed by atoms with Crippen molar-refractivity contribution in [1.82, 2.24) is 5.32 Å². The number of carbonyl (C=O) groups is 2. The number of anilines is 1. The Hall–Kier alpha value is -2.82. The van der Waals surface area contributed by atoms with E-state index >= 15 is 0 Å². The number of ether oxygens (including phenoxy) is 1. The van der Waals surface area contributed by atoms with Crippen molar-refractivity contribution in [3.05, 3.63) is 59.7 Å². The van der Waals surface area contributed by atoms with E-state index in [0.717, 1.165) is 36.4 Å². The molecule has 2 aliphatic rings. The van der Waals surface area contributed by atoms with Gasteiger partial charge in [0, 0.05) is 36.2 Å². The molecule has 0 aliphatic carbocycles. The minimum absolute atomic E-state index is 0.0442. The Labute approximate surface area is 146 Å². The molecule has 1 atom stereocenters. The molecule has 0 saturated carbocycles. The second-order valence-electron chi connectivity index (χ2n) is 6.40. The quantitative estimate of drug-likeness (QED) is 0.937. The zero-order valence-electron chi connectivity index (χ0n) is 13.9. The zero-order valence-corrected chi connectivity index (χ0v) is 13.9. The third-order valence-electron chi connectivity index (χ3n) is 4.78. The van der Waals surface area contributed by atoms with Gasteiger partial charge in [-0.25, -0.2) is 0 Å². The highest BCUT2D eigenvalue weighted by molar-refractivity contribution is 5.97. The first-order valence-electron chi connectivity index (χ1n) is 8.65. The van der Waals surface area contributed by atoms with Gasteiger partial charge in [0.15, 0.2) is 0 Å². The van der Waals surface area contributed by atoms with Crippen molar-refractivity contribution in [2.24, 2.45) is 0 Å². The van der Waals surface area contributed by atoms with Gasteiger partial charge in [-0.1, -0.05) is 18.2 Å². The molecule has 25 heavy (non-hydrogen) atoms. The van der Waals surface area contributed by atoms with Crippen molar-refractivity contribution in [3.63, 3.8) is 0 Å². The summed E-state index contributed by atoms with van der Waals surface area (Å²) in [5.41, 5.74) is 2.47. The summed E-state index contributed by atoms with van der Waals surface area (Å²) in [7, 11) is 0. The molecule has 0 aromatic heterocycles. The van der Waals surface area contributed by atoms with E-state index in [1.165, 1.54) is 0 Å². The van der Waals surface area contributed by atoms with Gasteiger partial charge in [0.05, 0.1) is 12.6 Å². The van der Waals surface area contributed by atoms with E-state index in [0.29, 0.717) is 18.6 Å². The molecule has 0 bridgehead atoms. The SMILES string of the molecule is O=C(N[C@@H]1CCOc2ccccc21)c1ccc(N2CCCC2=O)cc1. The second kappa shape index (κ2) is 6.59. The van der Waals surface area contributed by atoms with E-state index < -0.39 is 0 Å². The first kappa shape index (κ1) is 15.7. The van der Waals surface area contributed by atoms with Crippen LogP contribution in [0.2, 0.25) is 0 Å². The van der Waals surface area contributed by atoms with Crippen LogP contribution in [0.3, 0.4) is 0 Å². The fourth-order valence-corrected chi connectivity index (χ4v) is 3.45. The predicted molar refractivity (Wildman–Crippen MR) is 94.8 cm³/mol. The lowest BCUT2D eigenvalue weighted by atomic mass is 10.00. The zero-order chi connectivity index (χ0) is 17.2. The van der Waals surface area contributed by atoms with Crippen molar-refractivity contribution in [1.29, 1.82) is 0 Å². The Morgan fingerprint density at radius 2 is 1.92 bits per heavy atom. The molecular formula is C20H20N2O3. The van der Waals surface area contributed by atoms with Gasteiger partial charge >= 0.3 is 0 Å². The van der Waals surface area contributed by atoms with Crippen molar-refractivity contribution in [2.45, 2.75) is 25.3 Å². The summed E-state index contributed by atoms with van der Waals surface area (Å²) >= 11 is 0. The van der Waals surface area contributed by atoms with E-state index in [2.05, 4.69) is 5.32 Å². The van der Waals surface area contributed by atoms with Crippen LogP contribution in [-0.2, 0) is 4.79 Å². The van der Waals surface area contributed by atoms with Gasteiger partial charge in [-0.2, -0.15) is 0 Å². The van der Waals surface area contributed by atoms with Gasteiger partial charge in [0.2, 0.25) is 5.91 Å². The Kier molecular flexibility index (Phi) is 4.14. The van der Waals surface area contributed by atoms with E-state index in [1.807, 2.05) is 36.4 Å². The maximum Gasteiger partial charge on any atom is 0.251 e. The van der Waals surface area contributed by atoms with Gasteiger partial charge in [-0.15, -0.1) is 0 Å². The van der Waals surface area contributed by atoms with Crippen LogP contribution in [0.5, 0.6) is 5.75 Å². The van der Waals surface area contributed by atoms with Gasteiger partial charge in [0.1, 0.15) is 5.75 Å². The van der Waals surface area contributed by atoms with E-state index in [4.69, 9.17) is 4.74 Å². The first-order chi connectivity index (χ1) is 12.2. The molecule has 2 aromatic rings. The van der Waals surface area contributed by atoms with Crippen molar-refractivity contribution in [2.75, 3.05) is 18.1 Å². The molecule has 1 N–H and O–H groups in total. The fourth-order valence-electron chi connectivity index (χ4n) is 3.45. The Bertz CT molecular complexity index is 801. The highest BCUT2D eigenvalue weighted by Gasteiger charge is 2.24. The summed E-state index contributed by atoms with van der Waals surface area (Å²) in [4.78, 5) is 26.2. The van der Waals surface area contributed by atoms with Crippen LogP contribution in [0.15, 0.2) is 48.5 Å². The first-order valence-corrected chi connectivity index (χ1v) is 8.65. The van der Waals surface area contributed by atoms with Crippen molar-refractivity contribution < 1.29 is 14.3 Å². The van der Waals surface area contributed by atoms with Gasteiger partial charge in [-0.05, 0) is 36.8 Å². The molecule has 0 radical (unpaired) electrons. The summed E-state index contributed by atoms with van der Waals surface area (Å²) in [6.45, 7) is 1.35. The van der Waals surface area contributed by atoms with E-state index in [1.54, 1.807) is 17.0 Å². The maximum absolute atomic E-state index is 12.6. The molecule has 4 rings (SSSR count). The number of hydrogen-bond acceptors (Lipinski definition) is 3. The third-order valence-corrected chi connectivity index (χ3v) is 4.78. The number of hydrogen-bond donors (Lipinski definition) is 1. The number of amides is 2. The van der Waals surface area contributed by atoms with Crippen molar-refractivity contribution >= 4 is 17.5 Å². The van der Waals surface area contributed by atoms with E-state index in [-0.39, 0.29) is 17.9 Å². The van der Waals surface area contributed by atoms with Gasteiger partial charge < -0.3 is 15.0 Å². The number of para-hydroxylation sites is 1. The summed E-state index contributed by atoms with van der Waals surface area (Å²) in [5.74, 6) is 0.874. The van der Waals surface area contributed by atoms with Crippen molar-refractivity contribution in [3.8, 4) is 5.75 Å². The monoisotopic (exact) mass is 336 g/mol. The van der Waals surface area contributed by atoms with E-state index in [9.17, 15) is 9.59 Å². The average Bonchev–Trinajstić information content (AvgIpc) is 3.08. The summed E-state index contributed by atoms with van der Waals surface area (Å²) in [6, 6.07) is 15.0. The highest BCUT2D eigenvalue weighted by atomic mass is 16.5. The highest BCUT2D eigenvalue weighted by Crippen LogP contribution is 2.31. The lowest BCUT2D eigenvalue weighted by Gasteiger charge is -2.26. The Morgan fingerprint density at radius 3 is 2.68 bits per heavy atom. The van der Waals surface area contributed by atoms with Crippen LogP contribution in [-0.4, -0.2) is 25.0 Å². The molecule has 5 heteroatoms. The van der Waals surface area contributed by atoms with Crippen LogP contribution < -0.4 is 15.0 Å².